The zero-order valence-electron chi connectivity index (χ0n) is 18.8. The largest absolute Gasteiger partial charge is 0.494 e. The molecule has 3 aromatic rings. The van der Waals surface area contributed by atoms with Crippen molar-refractivity contribution in [2.45, 2.75) is 19.8 Å². The standard InChI is InChI=1S/C25H27N3O4/c1-5-6-11-32-18-9-7-16(8-10-18)19-14-21(28-25(27)20(19)15-26)17-12-22(29-2)24(31-4)23(13-17)30-3/h7-10,12-14H,5-6,11H2,1-4H3,(H2,27,28). The number of benzene rings is 2. The molecule has 0 amide bonds. The Bertz CT molecular complexity index is 1100. The monoisotopic (exact) mass is 433 g/mol. The number of hydrogen-bond donors (Lipinski definition) is 1. The Morgan fingerprint density at radius 3 is 2.12 bits per heavy atom. The number of pyridine rings is 1. The molecule has 0 saturated heterocycles. The highest BCUT2D eigenvalue weighted by Crippen LogP contribution is 2.42. The van der Waals surface area contributed by atoms with Gasteiger partial charge in [0.15, 0.2) is 11.5 Å². The zero-order chi connectivity index (χ0) is 23.1. The lowest BCUT2D eigenvalue weighted by Crippen LogP contribution is -2.01. The van der Waals surface area contributed by atoms with Gasteiger partial charge in [-0.25, -0.2) is 4.98 Å². The van der Waals surface area contributed by atoms with Crippen LogP contribution in [0.3, 0.4) is 0 Å². The van der Waals surface area contributed by atoms with E-state index in [1.54, 1.807) is 33.5 Å². The van der Waals surface area contributed by atoms with Crippen molar-refractivity contribution in [3.05, 3.63) is 48.0 Å². The van der Waals surface area contributed by atoms with Crippen molar-refractivity contribution in [1.29, 1.82) is 5.26 Å². The number of nitrogens with two attached hydrogens (primary N) is 1. The van der Waals surface area contributed by atoms with Gasteiger partial charge in [-0.3, -0.25) is 0 Å². The number of hydrogen-bond acceptors (Lipinski definition) is 7. The first kappa shape index (κ1) is 22.8. The molecule has 0 aliphatic heterocycles. The Kier molecular flexibility index (Phi) is 7.40. The number of methoxy groups -OCH3 is 3. The van der Waals surface area contributed by atoms with Crippen molar-refractivity contribution in [1.82, 2.24) is 4.98 Å². The second-order valence-electron chi connectivity index (χ2n) is 7.07. The number of aromatic nitrogens is 1. The molecule has 1 aromatic heterocycles. The maximum Gasteiger partial charge on any atom is 0.203 e. The van der Waals surface area contributed by atoms with Crippen LogP contribution in [0.25, 0.3) is 22.4 Å². The molecule has 166 valence electrons. The second kappa shape index (κ2) is 10.4. The molecule has 0 aliphatic carbocycles. The molecule has 32 heavy (non-hydrogen) atoms. The average molecular weight is 434 g/mol. The highest BCUT2D eigenvalue weighted by atomic mass is 16.5. The Balaban J connectivity index is 2.07. The average Bonchev–Trinajstić information content (AvgIpc) is 2.83. The van der Waals surface area contributed by atoms with Crippen LogP contribution in [0, 0.1) is 11.3 Å². The Morgan fingerprint density at radius 2 is 1.59 bits per heavy atom. The van der Waals surface area contributed by atoms with Crippen molar-refractivity contribution < 1.29 is 18.9 Å². The Hall–Kier alpha value is -3.92. The van der Waals surface area contributed by atoms with Gasteiger partial charge in [0.1, 0.15) is 23.2 Å². The van der Waals surface area contributed by atoms with E-state index in [2.05, 4.69) is 18.0 Å². The summed E-state index contributed by atoms with van der Waals surface area (Å²) in [7, 11) is 4.65. The van der Waals surface area contributed by atoms with E-state index in [0.717, 1.165) is 29.7 Å². The van der Waals surface area contributed by atoms with E-state index >= 15 is 0 Å². The number of nitrogen functional groups attached to an aromatic ring is 1. The molecule has 0 atom stereocenters. The van der Waals surface area contributed by atoms with Gasteiger partial charge in [-0.05, 0) is 42.3 Å². The molecule has 0 bridgehead atoms. The second-order valence-corrected chi connectivity index (χ2v) is 7.07. The van der Waals surface area contributed by atoms with Gasteiger partial charge in [0.05, 0.1) is 33.6 Å². The lowest BCUT2D eigenvalue weighted by atomic mass is 9.98. The van der Waals surface area contributed by atoms with Crippen molar-refractivity contribution in [3.8, 4) is 51.5 Å². The molecular weight excluding hydrogens is 406 g/mol. The summed E-state index contributed by atoms with van der Waals surface area (Å²) in [6.45, 7) is 2.79. The number of rotatable bonds is 9. The Labute approximate surface area is 188 Å². The van der Waals surface area contributed by atoms with Gasteiger partial charge in [-0.15, -0.1) is 0 Å². The maximum atomic E-state index is 9.70. The minimum atomic E-state index is 0.150. The summed E-state index contributed by atoms with van der Waals surface area (Å²) in [6, 6.07) is 15.2. The van der Waals surface area contributed by atoms with Crippen molar-refractivity contribution >= 4 is 5.82 Å². The lowest BCUT2D eigenvalue weighted by Gasteiger charge is -2.15. The highest BCUT2D eigenvalue weighted by molar-refractivity contribution is 5.81. The maximum absolute atomic E-state index is 9.70. The Morgan fingerprint density at radius 1 is 0.938 bits per heavy atom. The third-order valence-electron chi connectivity index (χ3n) is 5.05. The van der Waals surface area contributed by atoms with Crippen LogP contribution < -0.4 is 24.7 Å². The van der Waals surface area contributed by atoms with E-state index in [4.69, 9.17) is 24.7 Å². The highest BCUT2D eigenvalue weighted by Gasteiger charge is 2.18. The summed E-state index contributed by atoms with van der Waals surface area (Å²) in [5.74, 6) is 2.42. The van der Waals surface area contributed by atoms with E-state index in [-0.39, 0.29) is 5.82 Å². The van der Waals surface area contributed by atoms with Gasteiger partial charge in [0.2, 0.25) is 5.75 Å². The predicted molar refractivity (Wildman–Crippen MR) is 124 cm³/mol. The van der Waals surface area contributed by atoms with Gasteiger partial charge >= 0.3 is 0 Å². The normalized spacial score (nSPS) is 10.3. The van der Waals surface area contributed by atoms with Crippen LogP contribution in [0.4, 0.5) is 5.82 Å². The number of unbranched alkanes of at least 4 members (excludes halogenated alkanes) is 1. The van der Waals surface area contributed by atoms with E-state index < -0.39 is 0 Å². The van der Waals surface area contributed by atoms with Gasteiger partial charge in [0, 0.05) is 11.1 Å². The molecule has 2 aromatic carbocycles. The van der Waals surface area contributed by atoms with Crippen molar-refractivity contribution in [2.75, 3.05) is 33.7 Å². The number of ether oxygens (including phenoxy) is 4. The van der Waals surface area contributed by atoms with Crippen molar-refractivity contribution in [3.63, 3.8) is 0 Å². The zero-order valence-corrected chi connectivity index (χ0v) is 18.8. The SMILES string of the molecule is CCCCOc1ccc(-c2cc(-c3cc(OC)c(OC)c(OC)c3)nc(N)c2C#N)cc1. The van der Waals surface area contributed by atoms with Crippen LogP contribution in [-0.2, 0) is 0 Å². The first-order valence-electron chi connectivity index (χ1n) is 10.3. The van der Waals surface area contributed by atoms with Gasteiger partial charge in [-0.1, -0.05) is 25.5 Å². The summed E-state index contributed by atoms with van der Waals surface area (Å²) < 4.78 is 22.0. The molecule has 0 fully saturated rings. The molecule has 2 N–H and O–H groups in total. The smallest absolute Gasteiger partial charge is 0.203 e. The first-order valence-corrected chi connectivity index (χ1v) is 10.3. The van der Waals surface area contributed by atoms with Crippen LogP contribution in [0.5, 0.6) is 23.0 Å². The first-order chi connectivity index (χ1) is 15.6. The van der Waals surface area contributed by atoms with E-state index in [1.807, 2.05) is 30.3 Å². The van der Waals surface area contributed by atoms with E-state index in [1.165, 1.54) is 0 Å². The molecule has 0 saturated carbocycles. The van der Waals surface area contributed by atoms with E-state index in [9.17, 15) is 5.26 Å². The van der Waals surface area contributed by atoms with Crippen LogP contribution in [0.2, 0.25) is 0 Å². The van der Waals surface area contributed by atoms with Crippen LogP contribution in [-0.4, -0.2) is 32.9 Å². The summed E-state index contributed by atoms with van der Waals surface area (Å²) in [4.78, 5) is 4.45. The predicted octanol–water partition coefficient (Wildman–Crippen LogP) is 5.07. The summed E-state index contributed by atoms with van der Waals surface area (Å²) in [5, 5.41) is 9.70. The molecule has 0 spiro atoms. The minimum Gasteiger partial charge on any atom is -0.494 e. The van der Waals surface area contributed by atoms with Gasteiger partial charge < -0.3 is 24.7 Å². The summed E-state index contributed by atoms with van der Waals surface area (Å²) >= 11 is 0. The molecule has 0 aliphatic rings. The van der Waals surface area contributed by atoms with E-state index in [0.29, 0.717) is 40.7 Å². The lowest BCUT2D eigenvalue weighted by molar-refractivity contribution is 0.309. The molecular formula is C25H27N3O4. The van der Waals surface area contributed by atoms with Crippen LogP contribution >= 0.6 is 0 Å². The number of anilines is 1. The summed E-state index contributed by atoms with van der Waals surface area (Å²) in [6.07, 6.45) is 2.07. The fourth-order valence-electron chi connectivity index (χ4n) is 3.35. The molecule has 3 rings (SSSR count). The fraction of sp³-hybridized carbons (Fsp3) is 0.280. The quantitative estimate of drug-likeness (QED) is 0.470. The number of nitriles is 1. The van der Waals surface area contributed by atoms with Crippen molar-refractivity contribution in [2.24, 2.45) is 0 Å². The third-order valence-corrected chi connectivity index (χ3v) is 5.05. The van der Waals surface area contributed by atoms with Gasteiger partial charge in [-0.2, -0.15) is 5.26 Å². The molecule has 0 unspecified atom stereocenters. The minimum absolute atomic E-state index is 0.150. The molecule has 0 radical (unpaired) electrons. The topological polar surface area (TPSA) is 99.6 Å². The molecule has 7 nitrogen and oxygen atoms in total. The summed E-state index contributed by atoms with van der Waals surface area (Å²) in [5.41, 5.74) is 9.32. The fourth-order valence-corrected chi connectivity index (χ4v) is 3.35. The van der Waals surface area contributed by atoms with Crippen LogP contribution in [0.15, 0.2) is 42.5 Å². The number of nitrogens with zero attached hydrogens (tertiary/aromatic N) is 2. The van der Waals surface area contributed by atoms with Crippen LogP contribution in [0.1, 0.15) is 25.3 Å². The molecule has 7 heteroatoms. The third kappa shape index (κ3) is 4.70. The van der Waals surface area contributed by atoms with Gasteiger partial charge in [0.25, 0.3) is 0 Å². The molecule has 1 heterocycles.